The lowest BCUT2D eigenvalue weighted by atomic mass is 9.84. The van der Waals surface area contributed by atoms with Crippen LogP contribution in [0.25, 0.3) is 5.57 Å². The van der Waals surface area contributed by atoms with Gasteiger partial charge in [-0.05, 0) is 87.7 Å². The average molecular weight is 1530 g/mol. The predicted molar refractivity (Wildman–Crippen MR) is 391 cm³/mol. The maximum absolute atomic E-state index is 14.8. The summed E-state index contributed by atoms with van der Waals surface area (Å²) in [5, 5.41) is 54.1. The Hall–Kier alpha value is -10.8. The number of Topliss-reactive ketones (excluding diaryl/α,β-unsaturated/α-hetero) is 4. The van der Waals surface area contributed by atoms with Crippen LogP contribution in [0.4, 0.5) is 5.69 Å². The van der Waals surface area contributed by atoms with Gasteiger partial charge in [-0.2, -0.15) is 0 Å². The number of allylic oxidation sites excluding steroid dienone is 1. The van der Waals surface area contributed by atoms with Crippen LogP contribution in [0.2, 0.25) is 0 Å². The van der Waals surface area contributed by atoms with Gasteiger partial charge in [0, 0.05) is 68.0 Å². The van der Waals surface area contributed by atoms with Gasteiger partial charge in [0.25, 0.3) is 0 Å². The molecule has 35 nitrogen and oxygen atoms in total. The van der Waals surface area contributed by atoms with Crippen LogP contribution < -0.4 is 70.4 Å². The maximum Gasteiger partial charge on any atom is 0.329 e. The number of carboxylic acid groups (broad SMARTS) is 2. The van der Waals surface area contributed by atoms with E-state index in [0.29, 0.717) is 18.4 Å². The largest absolute Gasteiger partial charge is 0.481 e. The smallest absolute Gasteiger partial charge is 0.329 e. The molecule has 2 aromatic rings. The summed E-state index contributed by atoms with van der Waals surface area (Å²) in [5.74, 6) is -26.8. The molecule has 1 aliphatic heterocycles. The number of carbonyl (C=O) groups is 18. The van der Waals surface area contributed by atoms with Crippen molar-refractivity contribution in [1.29, 1.82) is 0 Å². The minimum absolute atomic E-state index is 0.00314. The van der Waals surface area contributed by atoms with E-state index in [1.54, 1.807) is 6.07 Å². The van der Waals surface area contributed by atoms with Crippen molar-refractivity contribution in [2.75, 3.05) is 32.0 Å². The second-order valence-corrected chi connectivity index (χ2v) is 27.6. The van der Waals surface area contributed by atoms with E-state index in [4.69, 9.17) is 21.9 Å². The molecular formula is C74H105N13O22. The van der Waals surface area contributed by atoms with Gasteiger partial charge in [0.1, 0.15) is 42.4 Å². The number of amides is 11. The summed E-state index contributed by atoms with van der Waals surface area (Å²) >= 11 is 0. The van der Waals surface area contributed by atoms with Crippen LogP contribution >= 0.6 is 0 Å². The predicted octanol–water partition coefficient (Wildman–Crippen LogP) is -0.954. The lowest BCUT2D eigenvalue weighted by Gasteiger charge is -2.29. The van der Waals surface area contributed by atoms with Crippen molar-refractivity contribution in [2.45, 2.75) is 218 Å². The minimum atomic E-state index is -2.29. The fourth-order valence-corrected chi connectivity index (χ4v) is 12.2. The summed E-state index contributed by atoms with van der Waals surface area (Å²) in [6, 6.07) is -0.933. The van der Waals surface area contributed by atoms with Gasteiger partial charge in [-0.15, -0.1) is 0 Å². The lowest BCUT2D eigenvalue weighted by molar-refractivity contribution is -0.156. The number of para-hydroxylation sites is 1. The molecule has 1 unspecified atom stereocenters. The monoisotopic (exact) mass is 1530 g/mol. The summed E-state index contributed by atoms with van der Waals surface area (Å²) in [7, 11) is 0. The number of carbonyl (C=O) groups excluding carboxylic acids is 16. The SMILES string of the molecule is CCCCCCCCCC(=O)N[C@@H](CC1=CCc2ccccc21)C(=O)N[C@H](CC(N)=O)C(=O)C[C@@H](CC(=O)O)C(=O)N[C@@H]1C(=O)NCC(=O)N[C@@H](CCCN)C(=O)C[C@@H](C)C(=O)N[C@H](C)C(=O)N[C@@H](C)C(=O)NCC(=O)N[C@H](CO)C(=O)C[C@@H](C(C)CC(=O)O)C(=O)N[C@@H](CC(=O)c2ccccc2N)C(=O)O[C@@H]1C. The highest BCUT2D eigenvalue weighted by molar-refractivity contribution is 6.05. The van der Waals surface area contributed by atoms with Crippen molar-refractivity contribution >= 4 is 117 Å². The molecule has 598 valence electrons. The number of anilines is 1. The second-order valence-electron chi connectivity index (χ2n) is 27.6. The number of hydrogen-bond donors (Lipinski definition) is 16. The van der Waals surface area contributed by atoms with Gasteiger partial charge in [-0.3, -0.25) is 81.5 Å². The third-order valence-corrected chi connectivity index (χ3v) is 18.5. The number of cyclic esters (lactones) is 1. The van der Waals surface area contributed by atoms with Gasteiger partial charge in [0.2, 0.25) is 65.0 Å². The molecule has 0 bridgehead atoms. The Morgan fingerprint density at radius 3 is 1.85 bits per heavy atom. The fourth-order valence-electron chi connectivity index (χ4n) is 12.2. The molecule has 35 heteroatoms. The first-order valence-corrected chi connectivity index (χ1v) is 36.5. The molecule has 2 aliphatic rings. The van der Waals surface area contributed by atoms with E-state index in [9.17, 15) is 102 Å². The number of rotatable bonds is 32. The summed E-state index contributed by atoms with van der Waals surface area (Å²) in [6.07, 6.45) is -0.214. The maximum atomic E-state index is 14.8. The topological polar surface area (TPSA) is 576 Å². The Morgan fingerprint density at radius 1 is 0.624 bits per heavy atom. The standard InChI is InChI=1S/C74H105N13O22/c1-7-8-9-10-11-12-13-24-61(94)83-53(30-45-26-25-44-19-14-15-20-47(44)45)72(106)85-52(35-60(77)93)58(91)31-46(32-65(99)100)70(104)87-66-43(6)109-74(108)54(34-56(89)48-21-16-17-22-50(48)76)86-71(105)49(39(2)29-64(97)98)33-59(92)55(38-88)84-63(96)36-78-68(102)41(4)81-69(103)42(5)80-67(101)40(3)28-57(90)51(23-18-27-75)82-62(95)37-79-73(66)107/h14-17,19-22,26,39-43,46,49,51-55,66,88H,7-13,18,23-25,27-38,75-76H2,1-6H3,(H2,77,93)(H,78,102)(H,79,107)(H,80,101)(H,81,103)(H,82,95)(H,83,94)(H,84,96)(H,85,106)(H,86,105)(H,87,104)(H,97,98)(H,99,100)/t39?,40-,41+,42-,43-,46+,49+,51+,52-,53+,54+,55-,66+/m1/s1. The molecule has 0 aromatic heterocycles. The second kappa shape index (κ2) is 45.7. The molecule has 1 heterocycles. The van der Waals surface area contributed by atoms with Crippen molar-refractivity contribution in [1.82, 2.24) is 53.2 Å². The number of aliphatic hydroxyl groups is 1. The van der Waals surface area contributed by atoms with E-state index in [0.717, 1.165) is 56.6 Å². The number of unbranched alkanes of at least 4 members (excludes halogenated alkanes) is 6. The number of hydrogen-bond acceptors (Lipinski definition) is 22. The summed E-state index contributed by atoms with van der Waals surface area (Å²) < 4.78 is 5.76. The van der Waals surface area contributed by atoms with Gasteiger partial charge in [0.15, 0.2) is 23.1 Å². The third kappa shape index (κ3) is 30.7. The van der Waals surface area contributed by atoms with Crippen molar-refractivity contribution in [2.24, 2.45) is 35.1 Å². The van der Waals surface area contributed by atoms with E-state index in [1.165, 1.54) is 52.0 Å². The molecule has 0 saturated carbocycles. The number of ketones is 4. The van der Waals surface area contributed by atoms with Gasteiger partial charge in [0.05, 0.1) is 50.5 Å². The van der Waals surface area contributed by atoms with E-state index in [1.807, 2.05) is 24.3 Å². The van der Waals surface area contributed by atoms with Crippen molar-refractivity contribution in [3.05, 3.63) is 71.3 Å². The number of nitrogen functional groups attached to an aromatic ring is 1. The Labute approximate surface area is 630 Å². The first kappa shape index (κ1) is 90.6. The minimum Gasteiger partial charge on any atom is -0.481 e. The van der Waals surface area contributed by atoms with Gasteiger partial charge >= 0.3 is 17.9 Å². The normalized spacial score (nSPS) is 22.3. The molecule has 0 spiro atoms. The Bertz CT molecular complexity index is 3680. The van der Waals surface area contributed by atoms with E-state index >= 15 is 0 Å². The first-order chi connectivity index (χ1) is 51.6. The Kier molecular flexibility index (Phi) is 38.0. The van der Waals surface area contributed by atoms with Crippen LogP contribution in [0.15, 0.2) is 54.6 Å². The molecule has 1 aliphatic carbocycles. The molecule has 19 N–H and O–H groups in total. The number of fused-ring (bicyclic) bond motifs is 1. The quantitative estimate of drug-likeness (QED) is 0.0182. The van der Waals surface area contributed by atoms with Crippen LogP contribution in [0.3, 0.4) is 0 Å². The van der Waals surface area contributed by atoms with Crippen molar-refractivity contribution < 1.29 is 106 Å². The number of aliphatic hydroxyl groups excluding tert-OH is 1. The number of primary amides is 1. The summed E-state index contributed by atoms with van der Waals surface area (Å²) in [5.41, 5.74) is 19.6. The molecule has 1 saturated heterocycles. The zero-order valence-electron chi connectivity index (χ0n) is 62.3. The number of esters is 1. The lowest BCUT2D eigenvalue weighted by Crippen LogP contribution is -2.57. The highest BCUT2D eigenvalue weighted by Crippen LogP contribution is 2.31. The van der Waals surface area contributed by atoms with Crippen molar-refractivity contribution in [3.8, 4) is 0 Å². The zero-order chi connectivity index (χ0) is 81.2. The van der Waals surface area contributed by atoms with E-state index in [2.05, 4.69) is 60.1 Å². The van der Waals surface area contributed by atoms with E-state index in [-0.39, 0.29) is 43.5 Å². The summed E-state index contributed by atoms with van der Waals surface area (Å²) in [6.45, 7) is 5.02. The molecule has 1 fully saturated rings. The van der Waals surface area contributed by atoms with E-state index < -0.39 is 249 Å². The molecular weight excluding hydrogens is 1420 g/mol. The Morgan fingerprint density at radius 2 is 1.22 bits per heavy atom. The van der Waals surface area contributed by atoms with Crippen molar-refractivity contribution in [3.63, 3.8) is 0 Å². The number of aliphatic carboxylic acids is 2. The van der Waals surface area contributed by atoms with Crippen LogP contribution in [0.5, 0.6) is 0 Å². The van der Waals surface area contributed by atoms with Crippen LogP contribution in [0, 0.1) is 23.7 Å². The number of ether oxygens (including phenoxy) is 1. The van der Waals surface area contributed by atoms with Gasteiger partial charge < -0.3 is 90.4 Å². The number of carboxylic acids is 2. The Balaban J connectivity index is 1.82. The van der Waals surface area contributed by atoms with Gasteiger partial charge in [-0.25, -0.2) is 4.79 Å². The highest BCUT2D eigenvalue weighted by Gasteiger charge is 2.41. The summed E-state index contributed by atoms with van der Waals surface area (Å²) in [4.78, 5) is 248. The number of benzene rings is 2. The van der Waals surface area contributed by atoms with Crippen LogP contribution in [-0.4, -0.2) is 202 Å². The molecule has 109 heavy (non-hydrogen) atoms. The first-order valence-electron chi connectivity index (χ1n) is 36.5. The third-order valence-electron chi connectivity index (χ3n) is 18.5. The van der Waals surface area contributed by atoms with Crippen LogP contribution in [-0.2, 0) is 92.7 Å². The molecule has 2 aromatic carbocycles. The average Bonchev–Trinajstić information content (AvgIpc) is 1.72. The number of nitrogens with two attached hydrogens (primary N) is 3. The molecule has 11 amide bonds. The molecule has 4 rings (SSSR count). The highest BCUT2D eigenvalue weighted by atomic mass is 16.5. The molecule has 13 atom stereocenters. The fraction of sp³-hybridized carbons (Fsp3) is 0.568. The molecule has 0 radical (unpaired) electrons. The number of nitrogens with one attached hydrogen (secondary N) is 10. The zero-order valence-corrected chi connectivity index (χ0v) is 62.3. The van der Waals surface area contributed by atoms with Gasteiger partial charge in [-0.1, -0.05) is 102 Å². The van der Waals surface area contributed by atoms with Crippen LogP contribution in [0.1, 0.15) is 179 Å².